The molecule has 0 amide bonds. The van der Waals surface area contributed by atoms with Gasteiger partial charge in [-0.25, -0.2) is 0 Å². The van der Waals surface area contributed by atoms with Crippen LogP contribution in [0.1, 0.15) is 25.7 Å². The van der Waals surface area contributed by atoms with Crippen LogP contribution in [0.25, 0.3) is 11.0 Å². The summed E-state index contributed by atoms with van der Waals surface area (Å²) in [6.07, 6.45) is 8.44. The molecule has 3 rings (SSSR count). The highest BCUT2D eigenvalue weighted by Gasteiger charge is 2.19. The molecule has 2 unspecified atom stereocenters. The van der Waals surface area contributed by atoms with Crippen molar-refractivity contribution in [1.82, 2.24) is 9.97 Å². The minimum Gasteiger partial charge on any atom is -0.383 e. The summed E-state index contributed by atoms with van der Waals surface area (Å²) in [5, 5.41) is 3.52. The third kappa shape index (κ3) is 3.10. The summed E-state index contributed by atoms with van der Waals surface area (Å²) in [5.74, 6) is 0.664. The molecule has 2 aromatic rings. The summed E-state index contributed by atoms with van der Waals surface area (Å²) in [4.78, 5) is 8.82. The van der Waals surface area contributed by atoms with Gasteiger partial charge in [0.25, 0.3) is 0 Å². The number of nitrogens with one attached hydrogen (secondary N) is 1. The van der Waals surface area contributed by atoms with Crippen LogP contribution in [0.5, 0.6) is 0 Å². The van der Waals surface area contributed by atoms with E-state index in [1.807, 2.05) is 24.5 Å². The first kappa shape index (κ1) is 13.8. The maximum atomic E-state index is 6.05. The van der Waals surface area contributed by atoms with Gasteiger partial charge in [-0.3, -0.25) is 9.97 Å². The summed E-state index contributed by atoms with van der Waals surface area (Å²) in [5.41, 5.74) is 8.94. The summed E-state index contributed by atoms with van der Waals surface area (Å²) >= 11 is 3.43. The number of aromatic nitrogens is 2. The molecular formula is C15H19BrN4. The standard InChI is InChI=1S/C15H19BrN4/c16-11-7-14-15(20-9-11)13(4-5-18-14)19-8-10-2-1-3-12(17)6-10/h4-5,7,9-10,12H,1-3,6,8,17H2,(H,18,19). The van der Waals surface area contributed by atoms with Gasteiger partial charge >= 0.3 is 0 Å². The Hall–Kier alpha value is -1.20. The molecule has 1 aliphatic rings. The molecular weight excluding hydrogens is 316 g/mol. The number of hydrogen-bond acceptors (Lipinski definition) is 4. The molecule has 0 aromatic carbocycles. The van der Waals surface area contributed by atoms with E-state index in [2.05, 4.69) is 31.2 Å². The van der Waals surface area contributed by atoms with Gasteiger partial charge in [-0.15, -0.1) is 0 Å². The van der Waals surface area contributed by atoms with Crippen LogP contribution in [0, 0.1) is 5.92 Å². The zero-order valence-electron chi connectivity index (χ0n) is 11.3. The molecule has 0 radical (unpaired) electrons. The van der Waals surface area contributed by atoms with E-state index in [0.717, 1.165) is 34.2 Å². The van der Waals surface area contributed by atoms with Crippen molar-refractivity contribution < 1.29 is 0 Å². The maximum absolute atomic E-state index is 6.05. The molecule has 2 aromatic heterocycles. The smallest absolute Gasteiger partial charge is 0.112 e. The number of anilines is 1. The van der Waals surface area contributed by atoms with Gasteiger partial charge in [0.15, 0.2) is 0 Å². The fraction of sp³-hybridized carbons (Fsp3) is 0.467. The lowest BCUT2D eigenvalue weighted by Crippen LogP contribution is -2.31. The second-order valence-electron chi connectivity index (χ2n) is 5.55. The highest BCUT2D eigenvalue weighted by Crippen LogP contribution is 2.26. The molecule has 4 nitrogen and oxygen atoms in total. The fourth-order valence-corrected chi connectivity index (χ4v) is 3.24. The Labute approximate surface area is 127 Å². The van der Waals surface area contributed by atoms with Gasteiger partial charge < -0.3 is 11.1 Å². The van der Waals surface area contributed by atoms with Gasteiger partial charge in [0, 0.05) is 29.5 Å². The first-order valence-corrected chi connectivity index (χ1v) is 7.91. The lowest BCUT2D eigenvalue weighted by molar-refractivity contribution is 0.335. The number of halogens is 1. The van der Waals surface area contributed by atoms with Crippen molar-refractivity contribution in [1.29, 1.82) is 0 Å². The molecule has 5 heteroatoms. The number of hydrogen-bond donors (Lipinski definition) is 2. The molecule has 2 atom stereocenters. The van der Waals surface area contributed by atoms with Crippen molar-refractivity contribution in [2.45, 2.75) is 31.7 Å². The second-order valence-corrected chi connectivity index (χ2v) is 6.47. The van der Waals surface area contributed by atoms with E-state index in [-0.39, 0.29) is 0 Å². The largest absolute Gasteiger partial charge is 0.383 e. The van der Waals surface area contributed by atoms with Crippen LogP contribution in [0.4, 0.5) is 5.69 Å². The molecule has 1 aliphatic carbocycles. The van der Waals surface area contributed by atoms with E-state index in [1.165, 1.54) is 19.3 Å². The zero-order chi connectivity index (χ0) is 13.9. The summed E-state index contributed by atoms with van der Waals surface area (Å²) < 4.78 is 0.952. The Kier molecular flexibility index (Phi) is 4.17. The summed E-state index contributed by atoms with van der Waals surface area (Å²) in [6.45, 7) is 0.963. The molecule has 0 spiro atoms. The monoisotopic (exact) mass is 334 g/mol. The molecule has 106 valence electrons. The minimum atomic E-state index is 0.374. The van der Waals surface area contributed by atoms with Crippen molar-refractivity contribution in [2.24, 2.45) is 11.7 Å². The first-order valence-electron chi connectivity index (χ1n) is 7.12. The lowest BCUT2D eigenvalue weighted by Gasteiger charge is -2.27. The highest BCUT2D eigenvalue weighted by atomic mass is 79.9. The molecule has 20 heavy (non-hydrogen) atoms. The predicted octanol–water partition coefficient (Wildman–Crippen LogP) is 3.32. The Bertz CT molecular complexity index is 601. The quantitative estimate of drug-likeness (QED) is 0.903. The fourth-order valence-electron chi connectivity index (χ4n) is 2.92. The van der Waals surface area contributed by atoms with Gasteiger partial charge in [0.2, 0.25) is 0 Å². The average Bonchev–Trinajstić information content (AvgIpc) is 2.44. The van der Waals surface area contributed by atoms with Crippen LogP contribution in [-0.2, 0) is 0 Å². The Morgan fingerprint density at radius 1 is 1.35 bits per heavy atom. The minimum absolute atomic E-state index is 0.374. The Morgan fingerprint density at radius 2 is 2.25 bits per heavy atom. The third-order valence-corrected chi connectivity index (χ3v) is 4.38. The van der Waals surface area contributed by atoms with E-state index in [0.29, 0.717) is 12.0 Å². The highest BCUT2D eigenvalue weighted by molar-refractivity contribution is 9.10. The average molecular weight is 335 g/mol. The van der Waals surface area contributed by atoms with Crippen LogP contribution in [0.3, 0.4) is 0 Å². The molecule has 0 bridgehead atoms. The lowest BCUT2D eigenvalue weighted by atomic mass is 9.86. The number of fused-ring (bicyclic) bond motifs is 1. The number of pyridine rings is 2. The Morgan fingerprint density at radius 3 is 3.10 bits per heavy atom. The van der Waals surface area contributed by atoms with Crippen molar-refractivity contribution in [3.8, 4) is 0 Å². The van der Waals surface area contributed by atoms with Gasteiger partial charge in [-0.05, 0) is 53.2 Å². The summed E-state index contributed by atoms with van der Waals surface area (Å²) in [7, 11) is 0. The maximum Gasteiger partial charge on any atom is 0.112 e. The van der Waals surface area contributed by atoms with E-state index >= 15 is 0 Å². The topological polar surface area (TPSA) is 63.8 Å². The molecule has 0 aliphatic heterocycles. The van der Waals surface area contributed by atoms with Crippen LogP contribution in [-0.4, -0.2) is 22.6 Å². The molecule has 0 saturated heterocycles. The number of rotatable bonds is 3. The first-order chi connectivity index (χ1) is 9.72. The zero-order valence-corrected chi connectivity index (χ0v) is 12.9. The van der Waals surface area contributed by atoms with Gasteiger partial charge in [0.1, 0.15) is 5.52 Å². The van der Waals surface area contributed by atoms with Gasteiger partial charge in [0.05, 0.1) is 11.2 Å². The van der Waals surface area contributed by atoms with E-state index in [9.17, 15) is 0 Å². The van der Waals surface area contributed by atoms with E-state index in [1.54, 1.807) is 0 Å². The normalized spacial score (nSPS) is 22.9. The van der Waals surface area contributed by atoms with Gasteiger partial charge in [-0.1, -0.05) is 6.42 Å². The van der Waals surface area contributed by atoms with Crippen molar-refractivity contribution in [3.05, 3.63) is 29.0 Å². The van der Waals surface area contributed by atoms with Crippen LogP contribution in [0.2, 0.25) is 0 Å². The van der Waals surface area contributed by atoms with Crippen LogP contribution < -0.4 is 11.1 Å². The molecule has 1 fully saturated rings. The van der Waals surface area contributed by atoms with Crippen molar-refractivity contribution in [2.75, 3.05) is 11.9 Å². The number of nitrogens with zero attached hydrogens (tertiary/aromatic N) is 2. The van der Waals surface area contributed by atoms with Crippen molar-refractivity contribution >= 4 is 32.7 Å². The van der Waals surface area contributed by atoms with E-state index in [4.69, 9.17) is 5.73 Å². The van der Waals surface area contributed by atoms with E-state index < -0.39 is 0 Å². The van der Waals surface area contributed by atoms with Gasteiger partial charge in [-0.2, -0.15) is 0 Å². The van der Waals surface area contributed by atoms with Crippen LogP contribution in [0.15, 0.2) is 29.0 Å². The van der Waals surface area contributed by atoms with Crippen molar-refractivity contribution in [3.63, 3.8) is 0 Å². The molecule has 1 saturated carbocycles. The predicted molar refractivity (Wildman–Crippen MR) is 85.7 cm³/mol. The number of nitrogens with two attached hydrogens (primary N) is 1. The Balaban J connectivity index is 1.74. The second kappa shape index (κ2) is 6.06. The summed E-state index contributed by atoms with van der Waals surface area (Å²) in [6, 6.07) is 4.36. The van der Waals surface area contributed by atoms with Crippen LogP contribution >= 0.6 is 15.9 Å². The SMILES string of the molecule is NC1CCCC(CNc2ccnc3cc(Br)cnc23)C1. The molecule has 2 heterocycles. The molecule has 3 N–H and O–H groups in total. The third-order valence-electron chi connectivity index (χ3n) is 3.95.